The van der Waals surface area contributed by atoms with Gasteiger partial charge in [-0.2, -0.15) is 13.2 Å². The van der Waals surface area contributed by atoms with Gasteiger partial charge in [-0.15, -0.1) is 0 Å². The second-order valence-electron chi connectivity index (χ2n) is 4.53. The molecule has 0 fully saturated rings. The Labute approximate surface area is 127 Å². The van der Waals surface area contributed by atoms with E-state index in [9.17, 15) is 18.0 Å². The van der Waals surface area contributed by atoms with E-state index < -0.39 is 11.7 Å². The molecule has 0 aliphatic rings. The first-order valence-electron chi connectivity index (χ1n) is 6.02. The predicted octanol–water partition coefficient (Wildman–Crippen LogP) is 4.48. The fourth-order valence-corrected chi connectivity index (χ4v) is 2.18. The molecule has 0 heterocycles. The second-order valence-corrected chi connectivity index (χ2v) is 5.39. The van der Waals surface area contributed by atoms with Crippen molar-refractivity contribution in [2.24, 2.45) is 0 Å². The number of rotatable bonds is 3. The van der Waals surface area contributed by atoms with Crippen LogP contribution in [0.3, 0.4) is 0 Å². The third-order valence-electron chi connectivity index (χ3n) is 2.97. The van der Waals surface area contributed by atoms with E-state index in [4.69, 9.17) is 5.73 Å². The molecule has 0 amide bonds. The van der Waals surface area contributed by atoms with Gasteiger partial charge in [-0.05, 0) is 51.8 Å². The van der Waals surface area contributed by atoms with E-state index in [0.717, 1.165) is 12.1 Å². The number of nitrogen functional groups attached to an aromatic ring is 1. The first kappa shape index (κ1) is 15.6. The highest BCUT2D eigenvalue weighted by Crippen LogP contribution is 2.29. The first-order chi connectivity index (χ1) is 9.77. The van der Waals surface area contributed by atoms with Crippen molar-refractivity contribution in [1.29, 1.82) is 0 Å². The molecule has 2 nitrogen and oxygen atoms in total. The molecule has 0 atom stereocenters. The van der Waals surface area contributed by atoms with Gasteiger partial charge in [-0.1, -0.05) is 12.1 Å². The van der Waals surface area contributed by atoms with Gasteiger partial charge in [0.15, 0.2) is 5.78 Å². The van der Waals surface area contributed by atoms with Crippen LogP contribution in [0.4, 0.5) is 18.9 Å². The van der Waals surface area contributed by atoms with Crippen LogP contribution in [0.2, 0.25) is 0 Å². The van der Waals surface area contributed by atoms with Crippen LogP contribution in [-0.2, 0) is 12.6 Å². The lowest BCUT2D eigenvalue weighted by atomic mass is 10.0. The average molecular weight is 358 g/mol. The molecule has 21 heavy (non-hydrogen) atoms. The number of alkyl halides is 3. The molecule has 0 spiro atoms. The molecule has 0 saturated carbocycles. The quantitative estimate of drug-likeness (QED) is 0.650. The molecular weight excluding hydrogens is 347 g/mol. The van der Waals surface area contributed by atoms with E-state index in [2.05, 4.69) is 15.9 Å². The van der Waals surface area contributed by atoms with Crippen LogP contribution in [0.25, 0.3) is 0 Å². The smallest absolute Gasteiger partial charge is 0.398 e. The van der Waals surface area contributed by atoms with E-state index in [1.54, 1.807) is 18.2 Å². The minimum absolute atomic E-state index is 0.0362. The van der Waals surface area contributed by atoms with Crippen LogP contribution < -0.4 is 5.73 Å². The lowest BCUT2D eigenvalue weighted by Gasteiger charge is -2.08. The molecule has 0 radical (unpaired) electrons. The number of benzene rings is 2. The van der Waals surface area contributed by atoms with Crippen molar-refractivity contribution in [3.8, 4) is 0 Å². The van der Waals surface area contributed by atoms with Gasteiger partial charge in [-0.3, -0.25) is 4.79 Å². The Morgan fingerprint density at radius 3 is 2.24 bits per heavy atom. The zero-order valence-corrected chi connectivity index (χ0v) is 12.3. The Morgan fingerprint density at radius 1 is 1.10 bits per heavy atom. The Hall–Kier alpha value is -1.82. The lowest BCUT2D eigenvalue weighted by molar-refractivity contribution is -0.137. The maximum absolute atomic E-state index is 12.4. The molecule has 2 N–H and O–H groups in total. The molecule has 0 aromatic heterocycles. The third-order valence-corrected chi connectivity index (χ3v) is 3.66. The molecule has 0 bridgehead atoms. The Morgan fingerprint density at radius 2 is 1.71 bits per heavy atom. The van der Waals surface area contributed by atoms with Crippen LogP contribution >= 0.6 is 15.9 Å². The summed E-state index contributed by atoms with van der Waals surface area (Å²) in [4.78, 5) is 12.1. The zero-order valence-electron chi connectivity index (χ0n) is 10.7. The van der Waals surface area contributed by atoms with Crippen molar-refractivity contribution in [3.05, 3.63) is 63.6 Å². The van der Waals surface area contributed by atoms with Crippen LogP contribution in [0.1, 0.15) is 21.5 Å². The van der Waals surface area contributed by atoms with Gasteiger partial charge in [-0.25, -0.2) is 0 Å². The summed E-state index contributed by atoms with van der Waals surface area (Å²) < 4.78 is 37.9. The van der Waals surface area contributed by atoms with Crippen molar-refractivity contribution in [1.82, 2.24) is 0 Å². The van der Waals surface area contributed by atoms with Crippen LogP contribution in [-0.4, -0.2) is 5.78 Å². The summed E-state index contributed by atoms with van der Waals surface area (Å²) in [5.74, 6) is -0.185. The van der Waals surface area contributed by atoms with Gasteiger partial charge in [0.1, 0.15) is 0 Å². The van der Waals surface area contributed by atoms with Crippen LogP contribution in [0, 0.1) is 0 Å². The van der Waals surface area contributed by atoms with Gasteiger partial charge in [0, 0.05) is 22.1 Å². The van der Waals surface area contributed by atoms with Crippen molar-refractivity contribution in [2.45, 2.75) is 12.6 Å². The molecule has 0 aliphatic heterocycles. The number of Topliss-reactive ketones (excluding diaryl/α,β-unsaturated/α-hetero) is 1. The average Bonchev–Trinajstić information content (AvgIpc) is 2.41. The van der Waals surface area contributed by atoms with E-state index >= 15 is 0 Å². The molecule has 0 saturated heterocycles. The van der Waals surface area contributed by atoms with Crippen molar-refractivity contribution in [2.75, 3.05) is 5.73 Å². The topological polar surface area (TPSA) is 43.1 Å². The number of ketones is 1. The highest BCUT2D eigenvalue weighted by atomic mass is 79.9. The molecule has 6 heteroatoms. The lowest BCUT2D eigenvalue weighted by Crippen LogP contribution is -2.07. The summed E-state index contributed by atoms with van der Waals surface area (Å²) in [6.07, 6.45) is -4.33. The van der Waals surface area contributed by atoms with Gasteiger partial charge >= 0.3 is 6.18 Å². The predicted molar refractivity (Wildman–Crippen MR) is 78.0 cm³/mol. The molecular formula is C15H11BrF3NO. The molecule has 0 aliphatic carbocycles. The molecule has 2 rings (SSSR count). The zero-order chi connectivity index (χ0) is 15.6. The summed E-state index contributed by atoms with van der Waals surface area (Å²) in [5.41, 5.74) is 6.40. The maximum Gasteiger partial charge on any atom is 0.416 e. The van der Waals surface area contributed by atoms with E-state index in [1.807, 2.05) is 0 Å². The Kier molecular flexibility index (Phi) is 4.37. The summed E-state index contributed by atoms with van der Waals surface area (Å²) in [5, 5.41) is 0. The highest BCUT2D eigenvalue weighted by molar-refractivity contribution is 9.10. The number of halogens is 4. The summed E-state index contributed by atoms with van der Waals surface area (Å²) in [6, 6.07) is 9.36. The normalized spacial score (nSPS) is 11.4. The molecule has 2 aromatic rings. The summed E-state index contributed by atoms with van der Waals surface area (Å²) in [6.45, 7) is 0. The van der Waals surface area contributed by atoms with Crippen LogP contribution in [0.5, 0.6) is 0 Å². The van der Waals surface area contributed by atoms with Crippen molar-refractivity contribution >= 4 is 27.4 Å². The minimum Gasteiger partial charge on any atom is -0.398 e. The number of hydrogen-bond donors (Lipinski definition) is 1. The molecule has 2 aromatic carbocycles. The second kappa shape index (κ2) is 5.89. The SMILES string of the molecule is Nc1ccc(C(=O)Cc2ccc(C(F)(F)F)cc2)cc1Br. The van der Waals surface area contributed by atoms with Crippen molar-refractivity contribution < 1.29 is 18.0 Å². The van der Waals surface area contributed by atoms with E-state index in [0.29, 0.717) is 21.3 Å². The molecule has 110 valence electrons. The van der Waals surface area contributed by atoms with E-state index in [1.165, 1.54) is 12.1 Å². The first-order valence-corrected chi connectivity index (χ1v) is 6.81. The largest absolute Gasteiger partial charge is 0.416 e. The van der Waals surface area contributed by atoms with Gasteiger partial charge < -0.3 is 5.73 Å². The number of carbonyl (C=O) groups is 1. The van der Waals surface area contributed by atoms with Gasteiger partial charge in [0.2, 0.25) is 0 Å². The van der Waals surface area contributed by atoms with Crippen LogP contribution in [0.15, 0.2) is 46.9 Å². The van der Waals surface area contributed by atoms with Gasteiger partial charge in [0.05, 0.1) is 5.56 Å². The van der Waals surface area contributed by atoms with E-state index in [-0.39, 0.29) is 12.2 Å². The Bertz CT molecular complexity index is 666. The molecule has 0 unspecified atom stereocenters. The number of nitrogens with two attached hydrogens (primary N) is 1. The highest BCUT2D eigenvalue weighted by Gasteiger charge is 2.29. The Balaban J connectivity index is 2.14. The maximum atomic E-state index is 12.4. The third kappa shape index (κ3) is 3.85. The summed E-state index contributed by atoms with van der Waals surface area (Å²) in [7, 11) is 0. The fourth-order valence-electron chi connectivity index (χ4n) is 1.80. The summed E-state index contributed by atoms with van der Waals surface area (Å²) >= 11 is 3.23. The minimum atomic E-state index is -4.37. The monoisotopic (exact) mass is 357 g/mol. The number of carbonyl (C=O) groups excluding carboxylic acids is 1. The van der Waals surface area contributed by atoms with Gasteiger partial charge in [0.25, 0.3) is 0 Å². The number of hydrogen-bond acceptors (Lipinski definition) is 2. The number of anilines is 1. The fraction of sp³-hybridized carbons (Fsp3) is 0.133. The van der Waals surface area contributed by atoms with Crippen molar-refractivity contribution in [3.63, 3.8) is 0 Å². The standard InChI is InChI=1S/C15H11BrF3NO/c16-12-8-10(3-6-13(12)20)14(21)7-9-1-4-11(5-2-9)15(17,18)19/h1-6,8H,7,20H2.